The molecule has 1 N–H and O–H groups in total. The minimum absolute atomic E-state index is 0.177. The summed E-state index contributed by atoms with van der Waals surface area (Å²) in [5.74, 6) is 0. The van der Waals surface area contributed by atoms with Crippen LogP contribution in [0.4, 0.5) is 0 Å². The van der Waals surface area contributed by atoms with Crippen molar-refractivity contribution in [2.45, 2.75) is 38.5 Å². The van der Waals surface area contributed by atoms with Crippen LogP contribution in [0.3, 0.4) is 0 Å². The third-order valence-corrected chi connectivity index (χ3v) is 6.46. The third-order valence-electron chi connectivity index (χ3n) is 3.15. The summed E-state index contributed by atoms with van der Waals surface area (Å²) >= 11 is 5.87. The van der Waals surface area contributed by atoms with E-state index >= 15 is 0 Å². The second-order valence-corrected chi connectivity index (χ2v) is 9.30. The first-order valence-electron chi connectivity index (χ1n) is 5.96. The Morgan fingerprint density at radius 3 is 2.28 bits per heavy atom. The molecule has 1 fully saturated rings. The van der Waals surface area contributed by atoms with E-state index in [1.165, 1.54) is 0 Å². The van der Waals surface area contributed by atoms with E-state index in [4.69, 9.17) is 16.1 Å². The van der Waals surface area contributed by atoms with Gasteiger partial charge in [0.1, 0.15) is 0 Å². The summed E-state index contributed by atoms with van der Waals surface area (Å²) in [6, 6.07) is 7.06. The van der Waals surface area contributed by atoms with Crippen LogP contribution in [-0.4, -0.2) is 17.4 Å². The maximum Gasteiger partial charge on any atom is 0.251 e. The van der Waals surface area contributed by atoms with Crippen LogP contribution < -0.4 is 10.6 Å². The van der Waals surface area contributed by atoms with Crippen molar-refractivity contribution in [3.05, 3.63) is 29.3 Å². The molecule has 1 aromatic rings. The third kappa shape index (κ3) is 2.37. The Balaban J connectivity index is 2.42. The summed E-state index contributed by atoms with van der Waals surface area (Å²) in [6.07, 6.45) is 0. The van der Waals surface area contributed by atoms with Crippen molar-refractivity contribution in [2.24, 2.45) is 0 Å². The second kappa shape index (κ2) is 4.35. The zero-order chi connectivity index (χ0) is 13.6. The van der Waals surface area contributed by atoms with Gasteiger partial charge in [0.25, 0.3) is 7.37 Å². The van der Waals surface area contributed by atoms with Crippen LogP contribution in [0.15, 0.2) is 24.3 Å². The van der Waals surface area contributed by atoms with Gasteiger partial charge in [-0.1, -0.05) is 11.6 Å². The van der Waals surface area contributed by atoms with E-state index in [1.807, 2.05) is 27.7 Å². The molecule has 3 nitrogen and oxygen atoms in total. The molecule has 0 spiro atoms. The highest BCUT2D eigenvalue weighted by Gasteiger charge is 2.50. The molecule has 0 amide bonds. The number of hydrogen-bond acceptors (Lipinski definition) is 3. The van der Waals surface area contributed by atoms with E-state index in [1.54, 1.807) is 24.3 Å². The summed E-state index contributed by atoms with van der Waals surface area (Å²) in [5, 5.41) is 4.16. The van der Waals surface area contributed by atoms with Crippen molar-refractivity contribution in [3.63, 3.8) is 0 Å². The highest BCUT2D eigenvalue weighted by molar-refractivity contribution is 7.68. The van der Waals surface area contributed by atoms with Crippen molar-refractivity contribution in [2.75, 3.05) is 6.61 Å². The average Bonchev–Trinajstić information content (AvgIpc) is 2.24. The Kier molecular flexibility index (Phi) is 3.40. The number of benzene rings is 1. The number of halogens is 1. The zero-order valence-corrected chi connectivity index (χ0v) is 12.8. The van der Waals surface area contributed by atoms with E-state index in [-0.39, 0.29) is 5.54 Å². The lowest BCUT2D eigenvalue weighted by molar-refractivity contribution is 0.147. The molecule has 18 heavy (non-hydrogen) atoms. The summed E-state index contributed by atoms with van der Waals surface area (Å²) < 4.78 is 18.9. The van der Waals surface area contributed by atoms with E-state index < -0.39 is 12.6 Å². The molecule has 1 unspecified atom stereocenters. The van der Waals surface area contributed by atoms with Crippen molar-refractivity contribution in [1.29, 1.82) is 0 Å². The standard InChI is InChI=1S/C13H19ClNO2P/c1-12(2)9-17-18(16,13(3,4)15-12)11-7-5-10(14)6-8-11/h5-8,15H,9H2,1-4H3. The van der Waals surface area contributed by atoms with Crippen LogP contribution in [-0.2, 0) is 9.09 Å². The van der Waals surface area contributed by atoms with E-state index in [2.05, 4.69) is 5.32 Å². The maximum atomic E-state index is 13.2. The van der Waals surface area contributed by atoms with Crippen LogP contribution in [0, 0.1) is 0 Å². The average molecular weight is 288 g/mol. The van der Waals surface area contributed by atoms with E-state index in [0.29, 0.717) is 16.9 Å². The Labute approximate surface area is 113 Å². The Morgan fingerprint density at radius 2 is 1.78 bits per heavy atom. The minimum Gasteiger partial charge on any atom is -0.322 e. The van der Waals surface area contributed by atoms with Gasteiger partial charge in [-0.3, -0.25) is 9.88 Å². The molecule has 0 radical (unpaired) electrons. The molecule has 1 aliphatic rings. The normalized spacial score (nSPS) is 30.1. The number of hydrogen-bond donors (Lipinski definition) is 1. The maximum absolute atomic E-state index is 13.2. The molecule has 0 aromatic heterocycles. The first-order valence-corrected chi connectivity index (χ1v) is 7.97. The monoisotopic (exact) mass is 287 g/mol. The quantitative estimate of drug-likeness (QED) is 0.805. The fourth-order valence-electron chi connectivity index (χ4n) is 2.39. The summed E-state index contributed by atoms with van der Waals surface area (Å²) in [6.45, 7) is 8.35. The van der Waals surface area contributed by atoms with Gasteiger partial charge in [0.15, 0.2) is 0 Å². The van der Waals surface area contributed by atoms with Gasteiger partial charge < -0.3 is 4.52 Å². The molecule has 2 rings (SSSR count). The van der Waals surface area contributed by atoms with Gasteiger partial charge in [0, 0.05) is 15.9 Å². The molecule has 0 bridgehead atoms. The van der Waals surface area contributed by atoms with Gasteiger partial charge in [0.05, 0.1) is 11.9 Å². The predicted octanol–water partition coefficient (Wildman–Crippen LogP) is 3.38. The molecule has 5 heteroatoms. The van der Waals surface area contributed by atoms with Crippen molar-refractivity contribution in [1.82, 2.24) is 5.32 Å². The lowest BCUT2D eigenvalue weighted by Crippen LogP contribution is -2.59. The number of rotatable bonds is 1. The van der Waals surface area contributed by atoms with Gasteiger partial charge in [-0.05, 0) is 52.0 Å². The van der Waals surface area contributed by atoms with Crippen LogP contribution >= 0.6 is 19.0 Å². The van der Waals surface area contributed by atoms with Gasteiger partial charge in [0.2, 0.25) is 0 Å². The molecule has 0 aliphatic carbocycles. The van der Waals surface area contributed by atoms with Crippen LogP contribution in [0.2, 0.25) is 5.02 Å². The summed E-state index contributed by atoms with van der Waals surface area (Å²) in [5.41, 5.74) is -0.177. The molecule has 1 aliphatic heterocycles. The molecular weight excluding hydrogens is 269 g/mol. The highest BCUT2D eigenvalue weighted by Crippen LogP contribution is 2.59. The first kappa shape index (κ1) is 14.1. The Morgan fingerprint density at radius 1 is 1.22 bits per heavy atom. The van der Waals surface area contributed by atoms with Gasteiger partial charge >= 0.3 is 0 Å². The summed E-state index contributed by atoms with van der Waals surface area (Å²) in [7, 11) is -2.94. The number of nitrogens with one attached hydrogen (secondary N) is 1. The van der Waals surface area contributed by atoms with Crippen molar-refractivity contribution < 1.29 is 9.09 Å². The molecule has 1 saturated heterocycles. The van der Waals surface area contributed by atoms with Crippen LogP contribution in [0.1, 0.15) is 27.7 Å². The molecular formula is C13H19ClNO2P. The first-order chi connectivity index (χ1) is 8.16. The van der Waals surface area contributed by atoms with Crippen molar-refractivity contribution in [3.8, 4) is 0 Å². The van der Waals surface area contributed by atoms with Gasteiger partial charge in [-0.2, -0.15) is 0 Å². The smallest absolute Gasteiger partial charge is 0.251 e. The topological polar surface area (TPSA) is 38.3 Å². The van der Waals surface area contributed by atoms with Crippen molar-refractivity contribution >= 4 is 24.3 Å². The predicted molar refractivity (Wildman–Crippen MR) is 75.9 cm³/mol. The lowest BCUT2D eigenvalue weighted by atomic mass is 10.1. The lowest BCUT2D eigenvalue weighted by Gasteiger charge is -2.47. The largest absolute Gasteiger partial charge is 0.322 e. The fourth-order valence-corrected chi connectivity index (χ4v) is 5.13. The van der Waals surface area contributed by atoms with E-state index in [9.17, 15) is 4.57 Å². The Hall–Kier alpha value is -0.340. The minimum atomic E-state index is -2.94. The molecule has 1 heterocycles. The van der Waals surface area contributed by atoms with E-state index in [0.717, 1.165) is 0 Å². The van der Waals surface area contributed by atoms with Gasteiger partial charge in [-0.15, -0.1) is 0 Å². The van der Waals surface area contributed by atoms with Crippen LogP contribution in [0.5, 0.6) is 0 Å². The second-order valence-electron chi connectivity index (χ2n) is 5.87. The highest BCUT2D eigenvalue weighted by atomic mass is 35.5. The Bertz CT molecular complexity index is 496. The summed E-state index contributed by atoms with van der Waals surface area (Å²) in [4.78, 5) is 0. The molecule has 100 valence electrons. The fraction of sp³-hybridized carbons (Fsp3) is 0.538. The molecule has 0 saturated carbocycles. The zero-order valence-electron chi connectivity index (χ0n) is 11.2. The molecule has 1 atom stereocenters. The molecule has 1 aromatic carbocycles. The SMILES string of the molecule is CC1(C)COP(=O)(c2ccc(Cl)cc2)C(C)(C)N1. The van der Waals surface area contributed by atoms with Crippen LogP contribution in [0.25, 0.3) is 0 Å². The van der Waals surface area contributed by atoms with Gasteiger partial charge in [-0.25, -0.2) is 0 Å².